The maximum atomic E-state index is 12.0. The highest BCUT2D eigenvalue weighted by Gasteiger charge is 2.22. The van der Waals surface area contributed by atoms with Gasteiger partial charge < -0.3 is 20.5 Å². The summed E-state index contributed by atoms with van der Waals surface area (Å²) < 4.78 is 10.5. The number of nitrogens with one attached hydrogen (secondary N) is 1. The van der Waals surface area contributed by atoms with Crippen molar-refractivity contribution in [3.05, 3.63) is 18.2 Å². The van der Waals surface area contributed by atoms with Gasteiger partial charge in [0.25, 0.3) is 5.91 Å². The average molecular weight is 287 g/mol. The molecule has 0 aromatic heterocycles. The number of carbonyl (C=O) groups is 1. The lowest BCUT2D eigenvalue weighted by molar-refractivity contribution is -0.129. The van der Waals surface area contributed by atoms with Crippen LogP contribution in [0.15, 0.2) is 18.2 Å². The first-order valence-electron chi connectivity index (χ1n) is 6.06. The van der Waals surface area contributed by atoms with Gasteiger partial charge in [0.05, 0.1) is 18.5 Å². The third-order valence-corrected chi connectivity index (χ3v) is 2.99. The van der Waals surface area contributed by atoms with Crippen molar-refractivity contribution >= 4 is 29.7 Å². The number of methoxy groups -OCH3 is 1. The molecule has 3 N–H and O–H groups in total. The van der Waals surface area contributed by atoms with Gasteiger partial charge in [-0.1, -0.05) is 0 Å². The van der Waals surface area contributed by atoms with Crippen LogP contribution >= 0.6 is 12.4 Å². The molecule has 0 bridgehead atoms. The van der Waals surface area contributed by atoms with E-state index in [0.717, 1.165) is 19.3 Å². The lowest BCUT2D eigenvalue weighted by Gasteiger charge is -2.22. The molecule has 1 aromatic carbocycles. The highest BCUT2D eigenvalue weighted by atomic mass is 35.5. The molecular weight excluding hydrogens is 268 g/mol. The summed E-state index contributed by atoms with van der Waals surface area (Å²) in [6.45, 7) is 0.645. The monoisotopic (exact) mass is 286 g/mol. The van der Waals surface area contributed by atoms with Gasteiger partial charge in [0, 0.05) is 12.7 Å². The number of rotatable bonds is 3. The van der Waals surface area contributed by atoms with E-state index in [9.17, 15) is 4.79 Å². The van der Waals surface area contributed by atoms with Crippen molar-refractivity contribution in [3.8, 4) is 5.75 Å². The number of halogens is 1. The van der Waals surface area contributed by atoms with Gasteiger partial charge in [0.1, 0.15) is 11.9 Å². The molecule has 1 aliphatic rings. The number of nitrogens with two attached hydrogens (primary N) is 1. The number of amides is 1. The van der Waals surface area contributed by atoms with Crippen LogP contribution < -0.4 is 15.8 Å². The van der Waals surface area contributed by atoms with Crippen LogP contribution in [-0.2, 0) is 9.53 Å². The average Bonchev–Trinajstić information content (AvgIpc) is 2.42. The first-order valence-corrected chi connectivity index (χ1v) is 6.06. The first kappa shape index (κ1) is 15.6. The molecule has 0 radical (unpaired) electrons. The number of carbonyl (C=O) groups excluding carboxylic acids is 1. The predicted octanol–water partition coefficient (Wildman–Crippen LogP) is 2.21. The van der Waals surface area contributed by atoms with Gasteiger partial charge in [-0.25, -0.2) is 0 Å². The van der Waals surface area contributed by atoms with Gasteiger partial charge in [-0.2, -0.15) is 0 Å². The third kappa shape index (κ3) is 4.01. The van der Waals surface area contributed by atoms with Gasteiger partial charge >= 0.3 is 0 Å². The molecule has 1 aromatic rings. The summed E-state index contributed by atoms with van der Waals surface area (Å²) in [7, 11) is 1.57. The molecule has 0 spiro atoms. The molecule has 2 rings (SSSR count). The Bertz CT molecular complexity index is 434. The van der Waals surface area contributed by atoms with Gasteiger partial charge in [0.2, 0.25) is 0 Å². The van der Waals surface area contributed by atoms with Gasteiger partial charge in [0.15, 0.2) is 0 Å². The molecule has 5 nitrogen and oxygen atoms in total. The van der Waals surface area contributed by atoms with Crippen LogP contribution in [0.5, 0.6) is 5.75 Å². The third-order valence-electron chi connectivity index (χ3n) is 2.99. The minimum atomic E-state index is -0.371. The molecule has 1 saturated heterocycles. The quantitative estimate of drug-likeness (QED) is 0.836. The van der Waals surface area contributed by atoms with Crippen LogP contribution in [0.1, 0.15) is 19.3 Å². The van der Waals surface area contributed by atoms with E-state index in [2.05, 4.69) is 5.32 Å². The summed E-state index contributed by atoms with van der Waals surface area (Å²) in [6.07, 6.45) is 2.43. The Morgan fingerprint density at radius 3 is 2.89 bits per heavy atom. The van der Waals surface area contributed by atoms with Gasteiger partial charge in [-0.3, -0.25) is 4.79 Å². The zero-order valence-electron chi connectivity index (χ0n) is 10.8. The summed E-state index contributed by atoms with van der Waals surface area (Å²) in [5.41, 5.74) is 6.89. The maximum Gasteiger partial charge on any atom is 0.253 e. The maximum absolute atomic E-state index is 12.0. The van der Waals surface area contributed by atoms with E-state index in [1.54, 1.807) is 25.3 Å². The number of benzene rings is 1. The van der Waals surface area contributed by atoms with Crippen molar-refractivity contribution in [2.75, 3.05) is 24.8 Å². The molecule has 1 amide bonds. The fourth-order valence-corrected chi connectivity index (χ4v) is 1.93. The normalized spacial score (nSPS) is 18.3. The Morgan fingerprint density at radius 1 is 1.47 bits per heavy atom. The van der Waals surface area contributed by atoms with E-state index in [4.69, 9.17) is 15.2 Å². The highest BCUT2D eigenvalue weighted by molar-refractivity contribution is 5.97. The molecule has 1 aliphatic heterocycles. The molecule has 1 fully saturated rings. The van der Waals surface area contributed by atoms with Crippen molar-refractivity contribution < 1.29 is 14.3 Å². The Labute approximate surface area is 118 Å². The van der Waals surface area contributed by atoms with Crippen LogP contribution in [0.2, 0.25) is 0 Å². The second-order valence-corrected chi connectivity index (χ2v) is 4.30. The smallest absolute Gasteiger partial charge is 0.253 e. The summed E-state index contributed by atoms with van der Waals surface area (Å²) in [6, 6.07) is 5.16. The zero-order chi connectivity index (χ0) is 13.0. The van der Waals surface area contributed by atoms with E-state index in [1.807, 2.05) is 0 Å². The molecule has 1 heterocycles. The van der Waals surface area contributed by atoms with E-state index in [1.165, 1.54) is 0 Å². The molecule has 6 heteroatoms. The minimum absolute atomic E-state index is 0. The number of hydrogen-bond donors (Lipinski definition) is 2. The summed E-state index contributed by atoms with van der Waals surface area (Å²) >= 11 is 0. The van der Waals surface area contributed by atoms with Gasteiger partial charge in [-0.15, -0.1) is 12.4 Å². The Balaban J connectivity index is 0.00000180. The lowest BCUT2D eigenvalue weighted by Crippen LogP contribution is -2.33. The second-order valence-electron chi connectivity index (χ2n) is 4.30. The number of anilines is 2. The van der Waals surface area contributed by atoms with Crippen LogP contribution in [0, 0.1) is 0 Å². The van der Waals surface area contributed by atoms with Crippen LogP contribution in [0.3, 0.4) is 0 Å². The minimum Gasteiger partial charge on any atom is -0.497 e. The number of hydrogen-bond acceptors (Lipinski definition) is 4. The standard InChI is InChI=1S/C13H18N2O3.ClH/c1-17-9-5-6-10(14)11(8-9)15-13(16)12-4-2-3-7-18-12;/h5-6,8,12H,2-4,7,14H2,1H3,(H,15,16);1H. The Hall–Kier alpha value is -1.46. The van der Waals surface area contributed by atoms with Crippen LogP contribution in [-0.4, -0.2) is 25.7 Å². The summed E-state index contributed by atoms with van der Waals surface area (Å²) in [4.78, 5) is 12.0. The fraction of sp³-hybridized carbons (Fsp3) is 0.462. The molecular formula is C13H19ClN2O3. The molecule has 0 saturated carbocycles. The molecule has 106 valence electrons. The van der Waals surface area contributed by atoms with Gasteiger partial charge in [-0.05, 0) is 31.4 Å². The summed E-state index contributed by atoms with van der Waals surface area (Å²) in [5, 5.41) is 2.79. The van der Waals surface area contributed by atoms with Crippen molar-refractivity contribution in [2.45, 2.75) is 25.4 Å². The van der Waals surface area contributed by atoms with E-state index in [0.29, 0.717) is 23.7 Å². The first-order chi connectivity index (χ1) is 8.70. The van der Waals surface area contributed by atoms with Crippen molar-refractivity contribution in [2.24, 2.45) is 0 Å². The van der Waals surface area contributed by atoms with Crippen molar-refractivity contribution in [1.82, 2.24) is 0 Å². The topological polar surface area (TPSA) is 73.6 Å². The van der Waals surface area contributed by atoms with Crippen LogP contribution in [0.4, 0.5) is 11.4 Å². The predicted molar refractivity (Wildman–Crippen MR) is 76.9 cm³/mol. The van der Waals surface area contributed by atoms with Crippen LogP contribution in [0.25, 0.3) is 0 Å². The Kier molecular flexibility index (Phi) is 5.92. The molecule has 1 unspecified atom stereocenters. The largest absolute Gasteiger partial charge is 0.497 e. The summed E-state index contributed by atoms with van der Waals surface area (Å²) in [5.74, 6) is 0.513. The van der Waals surface area contributed by atoms with E-state index < -0.39 is 0 Å². The second kappa shape index (κ2) is 7.21. The van der Waals surface area contributed by atoms with Crippen molar-refractivity contribution in [3.63, 3.8) is 0 Å². The fourth-order valence-electron chi connectivity index (χ4n) is 1.93. The molecule has 19 heavy (non-hydrogen) atoms. The highest BCUT2D eigenvalue weighted by Crippen LogP contribution is 2.25. The molecule has 0 aliphatic carbocycles. The SMILES string of the molecule is COc1ccc(N)c(NC(=O)C2CCCCO2)c1.Cl. The van der Waals surface area contributed by atoms with E-state index in [-0.39, 0.29) is 24.4 Å². The zero-order valence-corrected chi connectivity index (χ0v) is 11.7. The molecule has 1 atom stereocenters. The van der Waals surface area contributed by atoms with Crippen molar-refractivity contribution in [1.29, 1.82) is 0 Å². The number of ether oxygens (including phenoxy) is 2. The number of nitrogen functional groups attached to an aromatic ring is 1. The lowest BCUT2D eigenvalue weighted by atomic mass is 10.1. The Morgan fingerprint density at radius 2 is 2.26 bits per heavy atom. The van der Waals surface area contributed by atoms with E-state index >= 15 is 0 Å².